The Morgan fingerprint density at radius 2 is 1.97 bits per heavy atom. The number of hydrogen-bond donors (Lipinski definition) is 3. The van der Waals surface area contributed by atoms with E-state index < -0.39 is 10.0 Å². The highest BCUT2D eigenvalue weighted by Crippen LogP contribution is 2.38. The van der Waals surface area contributed by atoms with Gasteiger partial charge in [0.25, 0.3) is 0 Å². The Hall–Kier alpha value is -3.28. The highest BCUT2D eigenvalue weighted by atomic mass is 79.9. The second kappa shape index (κ2) is 11.0. The molecule has 1 fully saturated rings. The zero-order chi connectivity index (χ0) is 25.8. The predicted octanol–water partition coefficient (Wildman–Crippen LogP) is 5.05. The molecular formula is C26H27BrN6O3S. The van der Waals surface area contributed by atoms with E-state index in [1.54, 1.807) is 24.5 Å². The van der Waals surface area contributed by atoms with Gasteiger partial charge in [-0.25, -0.2) is 23.4 Å². The maximum absolute atomic E-state index is 12.2. The molecule has 9 nitrogen and oxygen atoms in total. The first-order valence-electron chi connectivity index (χ1n) is 12.0. The topological polar surface area (TPSA) is 118 Å². The lowest BCUT2D eigenvalue weighted by molar-refractivity contribution is 0.466. The van der Waals surface area contributed by atoms with E-state index in [0.717, 1.165) is 47.8 Å². The molecule has 37 heavy (non-hydrogen) atoms. The number of benzene rings is 2. The van der Waals surface area contributed by atoms with E-state index in [2.05, 4.69) is 41.3 Å². The van der Waals surface area contributed by atoms with E-state index in [1.807, 2.05) is 43.3 Å². The lowest BCUT2D eigenvalue weighted by atomic mass is 10.0. The van der Waals surface area contributed by atoms with Crippen molar-refractivity contribution in [3.8, 4) is 22.9 Å². The Morgan fingerprint density at radius 1 is 1.08 bits per heavy atom. The lowest BCUT2D eigenvalue weighted by Crippen LogP contribution is -2.38. The van der Waals surface area contributed by atoms with Crippen LogP contribution in [0, 0.1) is 6.92 Å². The molecule has 1 atom stereocenters. The molecule has 0 bridgehead atoms. The molecule has 3 heterocycles. The van der Waals surface area contributed by atoms with Crippen molar-refractivity contribution in [2.45, 2.75) is 25.8 Å². The van der Waals surface area contributed by atoms with Gasteiger partial charge in [-0.3, -0.25) is 4.72 Å². The fraction of sp³-hybridized carbons (Fsp3) is 0.269. The molecule has 1 unspecified atom stereocenters. The summed E-state index contributed by atoms with van der Waals surface area (Å²) >= 11 is 3.02. The van der Waals surface area contributed by atoms with E-state index in [0.29, 0.717) is 29.0 Å². The fourth-order valence-corrected chi connectivity index (χ4v) is 5.27. The minimum atomic E-state index is -3.51. The van der Waals surface area contributed by atoms with Gasteiger partial charge in [0.1, 0.15) is 10.4 Å². The predicted molar refractivity (Wildman–Crippen MR) is 150 cm³/mol. The molecule has 1 saturated heterocycles. The standard InChI is InChI=1S/C26H27BrN6O3S/c1-17-9-10-19-20(6-2-8-23(19)33-37(34,35)16-27)24(17)36-25-21(7-4-13-29-25)22-11-14-30-26(32-22)31-18-5-3-12-28-15-18/h2,4,6-11,13-14,18,28,33H,3,5,12,15-16H2,1H3,(H,30,31,32). The molecule has 2 aromatic heterocycles. The van der Waals surface area contributed by atoms with Crippen molar-refractivity contribution < 1.29 is 13.2 Å². The number of halogens is 1. The molecule has 192 valence electrons. The average molecular weight is 584 g/mol. The SMILES string of the molecule is Cc1ccc2c(NS(=O)(=O)CBr)cccc2c1Oc1ncccc1-c1ccnc(NC2CCCNC2)n1. The van der Waals surface area contributed by atoms with E-state index in [1.165, 1.54) is 0 Å². The van der Waals surface area contributed by atoms with Gasteiger partial charge in [0, 0.05) is 35.8 Å². The average Bonchev–Trinajstić information content (AvgIpc) is 2.91. The van der Waals surface area contributed by atoms with Gasteiger partial charge in [0.15, 0.2) is 0 Å². The molecule has 0 saturated carbocycles. The van der Waals surface area contributed by atoms with E-state index >= 15 is 0 Å². The molecule has 1 aliphatic heterocycles. The minimum Gasteiger partial charge on any atom is -0.437 e. The Morgan fingerprint density at radius 3 is 2.78 bits per heavy atom. The van der Waals surface area contributed by atoms with Crippen molar-refractivity contribution in [2.75, 3.05) is 27.8 Å². The van der Waals surface area contributed by atoms with E-state index in [4.69, 9.17) is 9.72 Å². The summed E-state index contributed by atoms with van der Waals surface area (Å²) in [5.74, 6) is 1.55. The van der Waals surface area contributed by atoms with Crippen LogP contribution in [0.2, 0.25) is 0 Å². The third kappa shape index (κ3) is 5.84. The van der Waals surface area contributed by atoms with Crippen LogP contribution in [0.15, 0.2) is 60.9 Å². The van der Waals surface area contributed by atoms with Crippen LogP contribution < -0.4 is 20.1 Å². The number of nitrogens with one attached hydrogen (secondary N) is 3. The first-order chi connectivity index (χ1) is 17.9. The molecule has 0 aliphatic carbocycles. The van der Waals surface area contributed by atoms with Gasteiger partial charge >= 0.3 is 0 Å². The molecule has 0 radical (unpaired) electrons. The number of piperidine rings is 1. The Balaban J connectivity index is 1.50. The molecule has 2 aromatic carbocycles. The van der Waals surface area contributed by atoms with Gasteiger partial charge in [-0.05, 0) is 56.1 Å². The quantitative estimate of drug-likeness (QED) is 0.247. The molecule has 11 heteroatoms. The molecule has 0 spiro atoms. The summed E-state index contributed by atoms with van der Waals surface area (Å²) in [4.78, 5) is 13.6. The second-order valence-corrected chi connectivity index (χ2v) is 11.9. The largest absolute Gasteiger partial charge is 0.437 e. The van der Waals surface area contributed by atoms with Gasteiger partial charge in [-0.15, -0.1) is 0 Å². The van der Waals surface area contributed by atoms with Crippen LogP contribution in [0.4, 0.5) is 11.6 Å². The van der Waals surface area contributed by atoms with Gasteiger partial charge in [0.05, 0.1) is 16.9 Å². The second-order valence-electron chi connectivity index (χ2n) is 8.85. The number of pyridine rings is 1. The van der Waals surface area contributed by atoms with Crippen molar-refractivity contribution in [2.24, 2.45) is 0 Å². The number of nitrogens with zero attached hydrogens (tertiary/aromatic N) is 3. The number of aromatic nitrogens is 3. The van der Waals surface area contributed by atoms with Crippen molar-refractivity contribution in [3.63, 3.8) is 0 Å². The van der Waals surface area contributed by atoms with Crippen molar-refractivity contribution in [1.82, 2.24) is 20.3 Å². The van der Waals surface area contributed by atoms with Gasteiger partial charge < -0.3 is 15.4 Å². The van der Waals surface area contributed by atoms with Crippen molar-refractivity contribution in [3.05, 3.63) is 66.5 Å². The number of fused-ring (bicyclic) bond motifs is 1. The summed E-state index contributed by atoms with van der Waals surface area (Å²) in [5, 5.41) is 8.29. The number of alkyl halides is 1. The molecule has 1 aliphatic rings. The summed E-state index contributed by atoms with van der Waals surface area (Å²) in [5.41, 5.74) is 2.78. The number of hydrogen-bond acceptors (Lipinski definition) is 8. The van der Waals surface area contributed by atoms with Crippen LogP contribution in [-0.4, -0.2) is 47.2 Å². The number of sulfonamides is 1. The summed E-state index contributed by atoms with van der Waals surface area (Å²) in [6.45, 7) is 3.85. The van der Waals surface area contributed by atoms with Crippen LogP contribution >= 0.6 is 15.9 Å². The fourth-order valence-electron chi connectivity index (χ4n) is 4.36. The zero-order valence-electron chi connectivity index (χ0n) is 20.2. The van der Waals surface area contributed by atoms with E-state index in [9.17, 15) is 8.42 Å². The summed E-state index contributed by atoms with van der Waals surface area (Å²) in [6.07, 6.45) is 5.57. The molecule has 0 amide bonds. The van der Waals surface area contributed by atoms with Crippen LogP contribution in [-0.2, 0) is 10.0 Å². The number of ether oxygens (including phenoxy) is 1. The minimum absolute atomic E-state index is 0.198. The lowest BCUT2D eigenvalue weighted by Gasteiger charge is -2.23. The molecule has 5 rings (SSSR count). The van der Waals surface area contributed by atoms with Crippen LogP contribution in [0.5, 0.6) is 11.6 Å². The zero-order valence-corrected chi connectivity index (χ0v) is 22.6. The smallest absolute Gasteiger partial charge is 0.242 e. The summed E-state index contributed by atoms with van der Waals surface area (Å²) in [6, 6.07) is 15.1. The van der Waals surface area contributed by atoms with Crippen molar-refractivity contribution in [1.29, 1.82) is 0 Å². The van der Waals surface area contributed by atoms with Gasteiger partial charge in [-0.2, -0.15) is 0 Å². The Labute approximate surface area is 224 Å². The molecular weight excluding hydrogens is 556 g/mol. The third-order valence-electron chi connectivity index (χ3n) is 6.15. The first-order valence-corrected chi connectivity index (χ1v) is 14.7. The third-order valence-corrected chi connectivity index (χ3v) is 8.78. The highest BCUT2D eigenvalue weighted by Gasteiger charge is 2.18. The number of aryl methyl sites for hydroxylation is 1. The normalized spacial score (nSPS) is 15.9. The summed E-state index contributed by atoms with van der Waals surface area (Å²) < 4.78 is 33.2. The highest BCUT2D eigenvalue weighted by molar-refractivity contribution is 9.10. The maximum atomic E-state index is 12.2. The summed E-state index contributed by atoms with van der Waals surface area (Å²) in [7, 11) is -3.51. The van der Waals surface area contributed by atoms with Crippen molar-refractivity contribution >= 4 is 48.4 Å². The van der Waals surface area contributed by atoms with Crippen LogP contribution in [0.25, 0.3) is 22.0 Å². The Bertz CT molecular complexity index is 1530. The van der Waals surface area contributed by atoms with Crippen LogP contribution in [0.3, 0.4) is 0 Å². The molecule has 3 N–H and O–H groups in total. The van der Waals surface area contributed by atoms with Crippen LogP contribution in [0.1, 0.15) is 18.4 Å². The molecule has 4 aromatic rings. The van der Waals surface area contributed by atoms with Gasteiger partial charge in [0.2, 0.25) is 21.9 Å². The van der Waals surface area contributed by atoms with Gasteiger partial charge in [-0.1, -0.05) is 40.2 Å². The maximum Gasteiger partial charge on any atom is 0.242 e. The number of rotatable bonds is 8. The monoisotopic (exact) mass is 582 g/mol. The van der Waals surface area contributed by atoms with E-state index in [-0.39, 0.29) is 10.7 Å². The number of anilines is 2. The first kappa shape index (κ1) is 25.4. The Kier molecular flexibility index (Phi) is 7.54.